The van der Waals surface area contributed by atoms with Crippen molar-refractivity contribution in [2.24, 2.45) is 0 Å². The molecule has 104 valence electrons. The standard InChI is InChI=1S/C15H14BrNO3/c1-9(2)11-8-10(16)5-6-12(11)20-13-4-3-7-17-14(13)15(18)19/h3-9H,1-2H3,(H,18,19). The first kappa shape index (κ1) is 14.5. The van der Waals surface area contributed by atoms with E-state index in [2.05, 4.69) is 34.8 Å². The normalized spacial score (nSPS) is 10.6. The molecule has 5 heteroatoms. The van der Waals surface area contributed by atoms with Gasteiger partial charge in [0.05, 0.1) is 0 Å². The van der Waals surface area contributed by atoms with Crippen LogP contribution in [0.2, 0.25) is 0 Å². The molecule has 1 heterocycles. The summed E-state index contributed by atoms with van der Waals surface area (Å²) in [5.41, 5.74) is 0.907. The molecule has 0 unspecified atom stereocenters. The van der Waals surface area contributed by atoms with Crippen LogP contribution < -0.4 is 4.74 Å². The SMILES string of the molecule is CC(C)c1cc(Br)ccc1Oc1cccnc1C(=O)O. The molecule has 2 rings (SSSR count). The van der Waals surface area contributed by atoms with Crippen molar-refractivity contribution in [3.63, 3.8) is 0 Å². The van der Waals surface area contributed by atoms with Gasteiger partial charge in [-0.05, 0) is 41.8 Å². The van der Waals surface area contributed by atoms with E-state index in [1.54, 1.807) is 12.1 Å². The Morgan fingerprint density at radius 3 is 2.70 bits per heavy atom. The van der Waals surface area contributed by atoms with Crippen molar-refractivity contribution in [1.29, 1.82) is 0 Å². The lowest BCUT2D eigenvalue weighted by molar-refractivity contribution is 0.0687. The van der Waals surface area contributed by atoms with Crippen LogP contribution in [-0.2, 0) is 0 Å². The second-order valence-corrected chi connectivity index (χ2v) is 5.51. The molecule has 1 N–H and O–H groups in total. The summed E-state index contributed by atoms with van der Waals surface area (Å²) in [5, 5.41) is 9.12. The lowest BCUT2D eigenvalue weighted by atomic mass is 10.0. The Morgan fingerprint density at radius 2 is 2.05 bits per heavy atom. The summed E-state index contributed by atoms with van der Waals surface area (Å²) in [6.07, 6.45) is 1.43. The van der Waals surface area contributed by atoms with Crippen molar-refractivity contribution in [3.8, 4) is 11.5 Å². The second-order valence-electron chi connectivity index (χ2n) is 4.59. The molecule has 2 aromatic rings. The van der Waals surface area contributed by atoms with Crippen LogP contribution in [0.25, 0.3) is 0 Å². The highest BCUT2D eigenvalue weighted by Crippen LogP contribution is 2.33. The fourth-order valence-corrected chi connectivity index (χ4v) is 2.19. The lowest BCUT2D eigenvalue weighted by Crippen LogP contribution is -2.03. The summed E-state index contributed by atoms with van der Waals surface area (Å²) in [5.74, 6) is 0.0270. The van der Waals surface area contributed by atoms with E-state index in [1.807, 2.05) is 18.2 Å². The number of ether oxygens (including phenoxy) is 1. The van der Waals surface area contributed by atoms with Crippen molar-refractivity contribution in [2.45, 2.75) is 19.8 Å². The molecule has 1 aromatic heterocycles. The summed E-state index contributed by atoms with van der Waals surface area (Å²) >= 11 is 3.43. The number of nitrogens with zero attached hydrogens (tertiary/aromatic N) is 1. The van der Waals surface area contributed by atoms with Gasteiger partial charge >= 0.3 is 5.97 Å². The highest BCUT2D eigenvalue weighted by molar-refractivity contribution is 9.10. The Morgan fingerprint density at radius 1 is 1.30 bits per heavy atom. The zero-order valence-corrected chi connectivity index (χ0v) is 12.7. The van der Waals surface area contributed by atoms with Gasteiger partial charge in [0.25, 0.3) is 0 Å². The molecule has 4 nitrogen and oxygen atoms in total. The number of carbonyl (C=O) groups is 1. The molecule has 0 saturated heterocycles. The van der Waals surface area contributed by atoms with E-state index in [1.165, 1.54) is 6.20 Å². The predicted molar refractivity (Wildman–Crippen MR) is 79.5 cm³/mol. The quantitative estimate of drug-likeness (QED) is 0.896. The molecule has 0 saturated carbocycles. The number of hydrogen-bond donors (Lipinski definition) is 1. The maximum Gasteiger partial charge on any atom is 0.358 e. The number of benzene rings is 1. The average Bonchev–Trinajstić information content (AvgIpc) is 2.41. The molecular formula is C15H14BrNO3. The summed E-state index contributed by atoms with van der Waals surface area (Å²) in [6, 6.07) is 8.89. The minimum absolute atomic E-state index is 0.0925. The van der Waals surface area contributed by atoms with E-state index >= 15 is 0 Å². The zero-order valence-electron chi connectivity index (χ0n) is 11.1. The van der Waals surface area contributed by atoms with E-state index in [4.69, 9.17) is 9.84 Å². The van der Waals surface area contributed by atoms with Crippen molar-refractivity contribution in [2.75, 3.05) is 0 Å². The van der Waals surface area contributed by atoms with Crippen LogP contribution in [0.1, 0.15) is 35.8 Å². The number of pyridine rings is 1. The number of carboxylic acid groups (broad SMARTS) is 1. The number of rotatable bonds is 4. The van der Waals surface area contributed by atoms with Gasteiger partial charge in [-0.3, -0.25) is 0 Å². The minimum atomic E-state index is -1.11. The molecule has 0 radical (unpaired) electrons. The Balaban J connectivity index is 2.43. The fraction of sp³-hybridized carbons (Fsp3) is 0.200. The van der Waals surface area contributed by atoms with Crippen LogP contribution in [0.3, 0.4) is 0 Å². The number of carboxylic acids is 1. The molecule has 0 aliphatic rings. The lowest BCUT2D eigenvalue weighted by Gasteiger charge is -2.15. The highest BCUT2D eigenvalue weighted by Gasteiger charge is 2.15. The van der Waals surface area contributed by atoms with Crippen molar-refractivity contribution >= 4 is 21.9 Å². The minimum Gasteiger partial charge on any atom is -0.476 e. The van der Waals surface area contributed by atoms with Crippen molar-refractivity contribution in [1.82, 2.24) is 4.98 Å². The largest absolute Gasteiger partial charge is 0.476 e. The van der Waals surface area contributed by atoms with Crippen LogP contribution in [0.4, 0.5) is 0 Å². The first-order valence-corrected chi connectivity index (χ1v) is 6.94. The third kappa shape index (κ3) is 3.17. The van der Waals surface area contributed by atoms with Crippen molar-refractivity contribution in [3.05, 3.63) is 52.3 Å². The van der Waals surface area contributed by atoms with Crippen LogP contribution in [0.15, 0.2) is 41.0 Å². The molecule has 0 fully saturated rings. The van der Waals surface area contributed by atoms with E-state index in [0.29, 0.717) is 5.75 Å². The van der Waals surface area contributed by atoms with Gasteiger partial charge in [0.15, 0.2) is 11.4 Å². The van der Waals surface area contributed by atoms with E-state index in [9.17, 15) is 4.79 Å². The summed E-state index contributed by atoms with van der Waals surface area (Å²) in [6.45, 7) is 4.10. The number of aromatic carboxylic acids is 1. The molecule has 0 bridgehead atoms. The summed E-state index contributed by atoms with van der Waals surface area (Å²) in [4.78, 5) is 15.0. The Kier molecular flexibility index (Phi) is 4.39. The van der Waals surface area contributed by atoms with Gasteiger partial charge in [0, 0.05) is 10.7 Å². The first-order valence-electron chi connectivity index (χ1n) is 6.14. The predicted octanol–water partition coefficient (Wildman–Crippen LogP) is 4.46. The third-order valence-corrected chi connectivity index (χ3v) is 3.28. The van der Waals surface area contributed by atoms with Gasteiger partial charge < -0.3 is 9.84 Å². The molecule has 0 aliphatic carbocycles. The van der Waals surface area contributed by atoms with E-state index in [0.717, 1.165) is 10.0 Å². The monoisotopic (exact) mass is 335 g/mol. The van der Waals surface area contributed by atoms with Gasteiger partial charge in [-0.1, -0.05) is 29.8 Å². The summed E-state index contributed by atoms with van der Waals surface area (Å²) in [7, 11) is 0. The number of halogens is 1. The van der Waals surface area contributed by atoms with Gasteiger partial charge in [-0.15, -0.1) is 0 Å². The Bertz CT molecular complexity index is 641. The van der Waals surface area contributed by atoms with Crippen molar-refractivity contribution < 1.29 is 14.6 Å². The molecule has 1 aromatic carbocycles. The van der Waals surface area contributed by atoms with Crippen LogP contribution in [0, 0.1) is 0 Å². The third-order valence-electron chi connectivity index (χ3n) is 2.79. The first-order chi connectivity index (χ1) is 9.49. The molecule has 20 heavy (non-hydrogen) atoms. The smallest absolute Gasteiger partial charge is 0.358 e. The summed E-state index contributed by atoms with van der Waals surface area (Å²) < 4.78 is 6.71. The molecule has 0 atom stereocenters. The Hall–Kier alpha value is -1.88. The van der Waals surface area contributed by atoms with Gasteiger partial charge in [0.2, 0.25) is 0 Å². The van der Waals surface area contributed by atoms with Crippen LogP contribution in [-0.4, -0.2) is 16.1 Å². The van der Waals surface area contributed by atoms with Gasteiger partial charge in [-0.25, -0.2) is 9.78 Å². The van der Waals surface area contributed by atoms with Gasteiger partial charge in [-0.2, -0.15) is 0 Å². The average molecular weight is 336 g/mol. The number of aromatic nitrogens is 1. The zero-order chi connectivity index (χ0) is 14.7. The highest BCUT2D eigenvalue weighted by atomic mass is 79.9. The van der Waals surface area contributed by atoms with Crippen LogP contribution in [0.5, 0.6) is 11.5 Å². The fourth-order valence-electron chi connectivity index (χ4n) is 1.82. The molecule has 0 amide bonds. The second kappa shape index (κ2) is 6.05. The maximum absolute atomic E-state index is 11.1. The Labute approximate surface area is 125 Å². The van der Waals surface area contributed by atoms with E-state index < -0.39 is 5.97 Å². The molecule has 0 aliphatic heterocycles. The maximum atomic E-state index is 11.1. The topological polar surface area (TPSA) is 59.4 Å². The van der Waals surface area contributed by atoms with Gasteiger partial charge in [0.1, 0.15) is 5.75 Å². The molecule has 0 spiro atoms. The number of hydrogen-bond acceptors (Lipinski definition) is 3. The molecular weight excluding hydrogens is 322 g/mol. The van der Waals surface area contributed by atoms with E-state index in [-0.39, 0.29) is 17.4 Å². The van der Waals surface area contributed by atoms with Crippen LogP contribution >= 0.6 is 15.9 Å².